The predicted molar refractivity (Wildman–Crippen MR) is 37.6 cm³/mol. The molecule has 0 radical (unpaired) electrons. The fourth-order valence-corrected chi connectivity index (χ4v) is 0.499. The van der Waals surface area contributed by atoms with Crippen molar-refractivity contribution in [3.8, 4) is 0 Å². The van der Waals surface area contributed by atoms with Crippen LogP contribution in [0.4, 0.5) is 0 Å². The highest BCUT2D eigenvalue weighted by Crippen LogP contribution is 1.95. The van der Waals surface area contributed by atoms with Crippen molar-refractivity contribution in [1.82, 2.24) is 0 Å². The molecule has 3 N–H and O–H groups in total. The third-order valence-electron chi connectivity index (χ3n) is 0.902. The maximum absolute atomic E-state index is 8.69. The first-order valence-electron chi connectivity index (χ1n) is 2.67. The van der Waals surface area contributed by atoms with E-state index in [-0.39, 0.29) is 18.1 Å². The molecule has 0 saturated carbocycles. The van der Waals surface area contributed by atoms with Crippen molar-refractivity contribution in [3.63, 3.8) is 0 Å². The molecule has 0 bridgehead atoms. The standard InChI is InChI=1S/C5H10O3S/c6-3-4(7)1-2-5(8)9/h4,6-7H,1-3H2,(H,8,9). The third-order valence-corrected chi connectivity index (χ3v) is 1.11. The van der Waals surface area contributed by atoms with Crippen LogP contribution in [-0.2, 0) is 0 Å². The van der Waals surface area contributed by atoms with E-state index in [1.165, 1.54) is 0 Å². The van der Waals surface area contributed by atoms with E-state index in [9.17, 15) is 0 Å². The van der Waals surface area contributed by atoms with Crippen molar-refractivity contribution in [1.29, 1.82) is 0 Å². The van der Waals surface area contributed by atoms with Crippen LogP contribution in [0.5, 0.6) is 0 Å². The largest absolute Gasteiger partial charge is 0.502 e. The van der Waals surface area contributed by atoms with Crippen LogP contribution < -0.4 is 0 Å². The molecule has 0 aliphatic rings. The molecule has 0 saturated heterocycles. The summed E-state index contributed by atoms with van der Waals surface area (Å²) in [6, 6.07) is 0. The number of rotatable bonds is 4. The first-order valence-corrected chi connectivity index (χ1v) is 3.08. The fraction of sp³-hybridized carbons (Fsp3) is 0.800. The monoisotopic (exact) mass is 150 g/mol. The van der Waals surface area contributed by atoms with Crippen molar-refractivity contribution >= 4 is 17.3 Å². The molecule has 1 unspecified atom stereocenters. The number of aliphatic hydroxyl groups is 3. The van der Waals surface area contributed by atoms with Crippen LogP contribution in [0.25, 0.3) is 0 Å². The number of aliphatic hydroxyl groups excluding tert-OH is 3. The Balaban J connectivity index is 3.16. The normalized spacial score (nSPS) is 13.1. The average Bonchev–Trinajstić information content (AvgIpc) is 1.83. The van der Waals surface area contributed by atoms with Crippen molar-refractivity contribution in [2.24, 2.45) is 0 Å². The first-order chi connectivity index (χ1) is 4.16. The van der Waals surface area contributed by atoms with Crippen LogP contribution in [0.3, 0.4) is 0 Å². The van der Waals surface area contributed by atoms with Crippen LogP contribution in [-0.4, -0.2) is 33.1 Å². The van der Waals surface area contributed by atoms with E-state index < -0.39 is 6.10 Å². The molecule has 0 rings (SSSR count). The summed E-state index contributed by atoms with van der Waals surface area (Å²) in [6.07, 6.45) is -0.154. The van der Waals surface area contributed by atoms with Crippen LogP contribution >= 0.6 is 12.2 Å². The number of hydrogen-bond acceptors (Lipinski definition) is 3. The van der Waals surface area contributed by atoms with Crippen LogP contribution in [0.1, 0.15) is 12.8 Å². The molecule has 0 aromatic rings. The van der Waals surface area contributed by atoms with Gasteiger partial charge in [-0.3, -0.25) is 0 Å². The summed E-state index contributed by atoms with van der Waals surface area (Å²) >= 11 is 4.32. The summed E-state index contributed by atoms with van der Waals surface area (Å²) in [5.41, 5.74) is 0. The minimum atomic E-state index is -0.755. The summed E-state index contributed by atoms with van der Waals surface area (Å²) < 4.78 is 0. The van der Waals surface area contributed by atoms with E-state index >= 15 is 0 Å². The Bertz CT molecular complexity index is 94.2. The minimum Gasteiger partial charge on any atom is -0.502 e. The molecular weight excluding hydrogens is 140 g/mol. The van der Waals surface area contributed by atoms with Gasteiger partial charge in [-0.05, 0) is 18.6 Å². The SMILES string of the molecule is OCC(O)CCC(O)=S. The highest BCUT2D eigenvalue weighted by molar-refractivity contribution is 7.80. The Hall–Kier alpha value is -0.190. The second-order valence-corrected chi connectivity index (χ2v) is 2.24. The first kappa shape index (κ1) is 8.81. The molecule has 1 atom stereocenters. The van der Waals surface area contributed by atoms with E-state index in [4.69, 9.17) is 15.3 Å². The lowest BCUT2D eigenvalue weighted by Gasteiger charge is -2.03. The lowest BCUT2D eigenvalue weighted by atomic mass is 10.2. The Morgan fingerprint density at radius 2 is 2.11 bits per heavy atom. The zero-order valence-electron chi connectivity index (χ0n) is 4.95. The molecule has 4 heteroatoms. The van der Waals surface area contributed by atoms with E-state index in [1.54, 1.807) is 0 Å². The zero-order valence-corrected chi connectivity index (χ0v) is 5.77. The average molecular weight is 150 g/mol. The zero-order chi connectivity index (χ0) is 7.28. The highest BCUT2D eigenvalue weighted by Gasteiger charge is 2.01. The lowest BCUT2D eigenvalue weighted by molar-refractivity contribution is 0.0893. The topological polar surface area (TPSA) is 60.7 Å². The molecule has 0 aliphatic carbocycles. The second-order valence-electron chi connectivity index (χ2n) is 1.77. The quantitative estimate of drug-likeness (QED) is 0.494. The Morgan fingerprint density at radius 1 is 1.56 bits per heavy atom. The maximum atomic E-state index is 8.69. The highest BCUT2D eigenvalue weighted by atomic mass is 32.1. The maximum Gasteiger partial charge on any atom is 0.156 e. The molecule has 3 nitrogen and oxygen atoms in total. The number of thiocarbonyl (C=S) groups is 1. The minimum absolute atomic E-state index is 0.123. The van der Waals surface area contributed by atoms with Gasteiger partial charge in [-0.1, -0.05) is 0 Å². The Morgan fingerprint density at radius 3 is 2.44 bits per heavy atom. The van der Waals surface area contributed by atoms with Crippen molar-refractivity contribution in [2.75, 3.05) is 6.61 Å². The summed E-state index contributed by atoms with van der Waals surface area (Å²) in [5, 5.41) is 25.3. The van der Waals surface area contributed by atoms with Gasteiger partial charge in [-0.25, -0.2) is 0 Å². The Kier molecular flexibility index (Phi) is 4.57. The molecular formula is C5H10O3S. The lowest BCUT2D eigenvalue weighted by Crippen LogP contribution is -2.12. The van der Waals surface area contributed by atoms with Gasteiger partial charge in [0.2, 0.25) is 0 Å². The predicted octanol–water partition coefficient (Wildman–Crippen LogP) is 0.00520. The van der Waals surface area contributed by atoms with Gasteiger partial charge in [0.15, 0.2) is 5.05 Å². The van der Waals surface area contributed by atoms with E-state index in [2.05, 4.69) is 12.2 Å². The van der Waals surface area contributed by atoms with Gasteiger partial charge in [0.05, 0.1) is 12.7 Å². The summed E-state index contributed by atoms with van der Waals surface area (Å²) in [6.45, 7) is -0.275. The van der Waals surface area contributed by atoms with Crippen LogP contribution in [0.15, 0.2) is 0 Å². The van der Waals surface area contributed by atoms with Crippen molar-refractivity contribution in [3.05, 3.63) is 0 Å². The molecule has 54 valence electrons. The smallest absolute Gasteiger partial charge is 0.156 e. The molecule has 9 heavy (non-hydrogen) atoms. The van der Waals surface area contributed by atoms with E-state index in [1.807, 2.05) is 0 Å². The summed E-state index contributed by atoms with van der Waals surface area (Å²) in [7, 11) is 0. The van der Waals surface area contributed by atoms with Crippen LogP contribution in [0.2, 0.25) is 0 Å². The van der Waals surface area contributed by atoms with Crippen molar-refractivity contribution < 1.29 is 15.3 Å². The van der Waals surface area contributed by atoms with Crippen LogP contribution in [0, 0.1) is 0 Å². The van der Waals surface area contributed by atoms with Gasteiger partial charge in [0.1, 0.15) is 0 Å². The van der Waals surface area contributed by atoms with Gasteiger partial charge in [-0.15, -0.1) is 0 Å². The van der Waals surface area contributed by atoms with Gasteiger partial charge in [0, 0.05) is 6.42 Å². The third kappa shape index (κ3) is 5.68. The van der Waals surface area contributed by atoms with Gasteiger partial charge < -0.3 is 15.3 Å². The molecule has 0 aromatic heterocycles. The Labute approximate surface area is 58.9 Å². The molecule has 0 fully saturated rings. The second kappa shape index (κ2) is 4.67. The van der Waals surface area contributed by atoms with E-state index in [0.29, 0.717) is 6.42 Å². The van der Waals surface area contributed by atoms with Gasteiger partial charge in [-0.2, -0.15) is 0 Å². The molecule has 0 amide bonds. The van der Waals surface area contributed by atoms with E-state index in [0.717, 1.165) is 0 Å². The molecule has 0 aromatic carbocycles. The van der Waals surface area contributed by atoms with Crippen molar-refractivity contribution in [2.45, 2.75) is 18.9 Å². The molecule has 0 spiro atoms. The molecule has 0 aliphatic heterocycles. The summed E-state index contributed by atoms with van der Waals surface area (Å²) in [5.74, 6) is 0. The fourth-order valence-electron chi connectivity index (χ4n) is 0.381. The van der Waals surface area contributed by atoms with Gasteiger partial charge >= 0.3 is 0 Å². The number of hydrogen-bond donors (Lipinski definition) is 3. The summed E-state index contributed by atoms with van der Waals surface area (Å²) in [4.78, 5) is 0. The molecule has 0 heterocycles. The van der Waals surface area contributed by atoms with Gasteiger partial charge in [0.25, 0.3) is 0 Å².